The van der Waals surface area contributed by atoms with Crippen LogP contribution in [0.4, 0.5) is 5.95 Å². The quantitative estimate of drug-likeness (QED) is 0.774. The maximum Gasteiger partial charge on any atom is 0.222 e. The van der Waals surface area contributed by atoms with Crippen LogP contribution in [0.15, 0.2) is 12.4 Å². The lowest BCUT2D eigenvalue weighted by molar-refractivity contribution is -0.127. The van der Waals surface area contributed by atoms with E-state index in [0.717, 1.165) is 50.9 Å². The Balaban J connectivity index is 1.66. The molecule has 0 bridgehead atoms. The van der Waals surface area contributed by atoms with Crippen molar-refractivity contribution in [2.75, 3.05) is 25.0 Å². The predicted molar refractivity (Wildman–Crippen MR) is 70.3 cm³/mol. The highest BCUT2D eigenvalue weighted by molar-refractivity contribution is 5.77. The molecule has 1 aliphatic heterocycles. The molecular formula is C13H20N4O. The van der Waals surface area contributed by atoms with Gasteiger partial charge in [0.25, 0.3) is 0 Å². The average Bonchev–Trinajstić information content (AvgIpc) is 2.81. The van der Waals surface area contributed by atoms with E-state index in [1.807, 2.05) is 17.3 Å². The summed E-state index contributed by atoms with van der Waals surface area (Å²) in [6.07, 6.45) is 7.31. The van der Waals surface area contributed by atoms with Crippen molar-refractivity contribution in [3.05, 3.63) is 18.0 Å². The van der Waals surface area contributed by atoms with Gasteiger partial charge >= 0.3 is 0 Å². The molecule has 1 aromatic heterocycles. The summed E-state index contributed by atoms with van der Waals surface area (Å²) in [5.74, 6) is 0.957. The summed E-state index contributed by atoms with van der Waals surface area (Å²) in [6, 6.07) is 0. The molecule has 2 heterocycles. The van der Waals surface area contributed by atoms with Crippen LogP contribution in [-0.2, 0) is 11.2 Å². The molecule has 1 N–H and O–H groups in total. The lowest BCUT2D eigenvalue weighted by Gasteiger charge is -2.15. The highest BCUT2D eigenvalue weighted by Crippen LogP contribution is 2.09. The zero-order valence-corrected chi connectivity index (χ0v) is 10.9. The van der Waals surface area contributed by atoms with Gasteiger partial charge in [0.05, 0.1) is 0 Å². The molecule has 0 spiro atoms. The largest absolute Gasteiger partial charge is 0.354 e. The Morgan fingerprint density at radius 1 is 1.39 bits per heavy atom. The van der Waals surface area contributed by atoms with E-state index >= 15 is 0 Å². The first kappa shape index (κ1) is 12.8. The first-order valence-electron chi connectivity index (χ1n) is 6.62. The second kappa shape index (κ2) is 6.33. The van der Waals surface area contributed by atoms with E-state index in [4.69, 9.17) is 0 Å². The second-order valence-electron chi connectivity index (χ2n) is 4.53. The van der Waals surface area contributed by atoms with E-state index in [2.05, 4.69) is 22.2 Å². The zero-order valence-electron chi connectivity index (χ0n) is 10.9. The number of anilines is 1. The Bertz CT molecular complexity index is 390. The summed E-state index contributed by atoms with van der Waals surface area (Å²) in [5, 5.41) is 3.17. The molecule has 1 saturated heterocycles. The van der Waals surface area contributed by atoms with Gasteiger partial charge in [0.1, 0.15) is 0 Å². The molecule has 0 aromatic carbocycles. The molecule has 0 saturated carbocycles. The van der Waals surface area contributed by atoms with Crippen molar-refractivity contribution in [1.82, 2.24) is 14.9 Å². The Morgan fingerprint density at radius 3 is 2.78 bits per heavy atom. The van der Waals surface area contributed by atoms with Crippen molar-refractivity contribution in [2.24, 2.45) is 0 Å². The van der Waals surface area contributed by atoms with Gasteiger partial charge in [0, 0.05) is 38.4 Å². The van der Waals surface area contributed by atoms with Gasteiger partial charge in [-0.1, -0.05) is 6.92 Å². The third kappa shape index (κ3) is 3.42. The number of likely N-dealkylation sites (tertiary alicyclic amines) is 1. The van der Waals surface area contributed by atoms with Gasteiger partial charge < -0.3 is 10.2 Å². The molecule has 2 rings (SSSR count). The molecule has 98 valence electrons. The number of hydrogen-bond donors (Lipinski definition) is 1. The van der Waals surface area contributed by atoms with Crippen molar-refractivity contribution in [2.45, 2.75) is 32.6 Å². The zero-order chi connectivity index (χ0) is 12.8. The number of amides is 1. The van der Waals surface area contributed by atoms with Gasteiger partial charge in [-0.15, -0.1) is 0 Å². The van der Waals surface area contributed by atoms with Crippen molar-refractivity contribution in [3.63, 3.8) is 0 Å². The van der Waals surface area contributed by atoms with Gasteiger partial charge in [-0.25, -0.2) is 9.97 Å². The highest BCUT2D eigenvalue weighted by atomic mass is 16.2. The Labute approximate surface area is 108 Å². The predicted octanol–water partition coefficient (Wildman–Crippen LogP) is 1.46. The number of hydrogen-bond acceptors (Lipinski definition) is 4. The maximum atomic E-state index is 11.4. The molecule has 0 unspecified atom stereocenters. The second-order valence-corrected chi connectivity index (χ2v) is 4.53. The van der Waals surface area contributed by atoms with Gasteiger partial charge in [-0.2, -0.15) is 0 Å². The number of rotatable bonds is 6. The first-order chi connectivity index (χ1) is 8.79. The monoisotopic (exact) mass is 248 g/mol. The molecular weight excluding hydrogens is 228 g/mol. The van der Waals surface area contributed by atoms with Crippen LogP contribution in [0.1, 0.15) is 31.7 Å². The SMILES string of the molecule is CCc1cnc(NCCCN2CCCC2=O)nc1. The third-order valence-corrected chi connectivity index (χ3v) is 3.17. The van der Waals surface area contributed by atoms with E-state index < -0.39 is 0 Å². The minimum Gasteiger partial charge on any atom is -0.354 e. The smallest absolute Gasteiger partial charge is 0.222 e. The molecule has 0 atom stereocenters. The minimum atomic E-state index is 0.290. The molecule has 1 aliphatic rings. The molecule has 1 amide bonds. The van der Waals surface area contributed by atoms with Gasteiger partial charge in [0.15, 0.2) is 0 Å². The fourth-order valence-corrected chi connectivity index (χ4v) is 2.04. The lowest BCUT2D eigenvalue weighted by Crippen LogP contribution is -2.27. The van der Waals surface area contributed by atoms with Crippen LogP contribution in [0.2, 0.25) is 0 Å². The molecule has 0 radical (unpaired) electrons. The number of carbonyl (C=O) groups is 1. The lowest BCUT2D eigenvalue weighted by atomic mass is 10.3. The van der Waals surface area contributed by atoms with Crippen LogP contribution < -0.4 is 5.32 Å². The van der Waals surface area contributed by atoms with Crippen molar-refractivity contribution in [1.29, 1.82) is 0 Å². The van der Waals surface area contributed by atoms with Crippen LogP contribution in [0.5, 0.6) is 0 Å². The van der Waals surface area contributed by atoms with Crippen LogP contribution in [0, 0.1) is 0 Å². The summed E-state index contributed by atoms with van der Waals surface area (Å²) in [4.78, 5) is 21.8. The molecule has 0 aliphatic carbocycles. The van der Waals surface area contributed by atoms with Crippen LogP contribution in [0.25, 0.3) is 0 Å². The van der Waals surface area contributed by atoms with E-state index in [1.54, 1.807) is 0 Å². The van der Waals surface area contributed by atoms with Crippen molar-refractivity contribution < 1.29 is 4.79 Å². The molecule has 1 aromatic rings. The summed E-state index contributed by atoms with van der Waals surface area (Å²) in [7, 11) is 0. The maximum absolute atomic E-state index is 11.4. The number of aryl methyl sites for hydroxylation is 1. The number of carbonyl (C=O) groups excluding carboxylic acids is 1. The van der Waals surface area contributed by atoms with Crippen LogP contribution in [-0.4, -0.2) is 40.4 Å². The normalized spacial score (nSPS) is 15.2. The summed E-state index contributed by atoms with van der Waals surface area (Å²) >= 11 is 0. The third-order valence-electron chi connectivity index (χ3n) is 3.17. The van der Waals surface area contributed by atoms with Gasteiger partial charge in [0.2, 0.25) is 11.9 Å². The molecule has 5 nitrogen and oxygen atoms in total. The summed E-state index contributed by atoms with van der Waals surface area (Å²) < 4.78 is 0. The summed E-state index contributed by atoms with van der Waals surface area (Å²) in [5.41, 5.74) is 1.14. The fraction of sp³-hybridized carbons (Fsp3) is 0.615. The Kier molecular flexibility index (Phi) is 4.50. The first-order valence-corrected chi connectivity index (χ1v) is 6.62. The van der Waals surface area contributed by atoms with Gasteiger partial charge in [-0.05, 0) is 24.8 Å². The van der Waals surface area contributed by atoms with E-state index in [9.17, 15) is 4.79 Å². The van der Waals surface area contributed by atoms with Gasteiger partial charge in [-0.3, -0.25) is 4.79 Å². The number of nitrogens with zero attached hydrogens (tertiary/aromatic N) is 3. The van der Waals surface area contributed by atoms with E-state index in [1.165, 1.54) is 0 Å². The summed E-state index contributed by atoms with van der Waals surface area (Å²) in [6.45, 7) is 4.63. The Hall–Kier alpha value is -1.65. The average molecular weight is 248 g/mol. The number of nitrogens with one attached hydrogen (secondary N) is 1. The standard InChI is InChI=1S/C13H20N4O/c1-2-11-9-15-13(16-10-11)14-6-4-8-17-7-3-5-12(17)18/h9-10H,2-8H2,1H3,(H,14,15,16). The van der Waals surface area contributed by atoms with Crippen molar-refractivity contribution >= 4 is 11.9 Å². The molecule has 5 heteroatoms. The van der Waals surface area contributed by atoms with E-state index in [-0.39, 0.29) is 0 Å². The molecule has 18 heavy (non-hydrogen) atoms. The highest BCUT2D eigenvalue weighted by Gasteiger charge is 2.18. The topological polar surface area (TPSA) is 58.1 Å². The van der Waals surface area contributed by atoms with Crippen LogP contribution in [0.3, 0.4) is 0 Å². The van der Waals surface area contributed by atoms with Crippen LogP contribution >= 0.6 is 0 Å². The minimum absolute atomic E-state index is 0.290. The number of aromatic nitrogens is 2. The van der Waals surface area contributed by atoms with E-state index in [0.29, 0.717) is 11.9 Å². The fourth-order valence-electron chi connectivity index (χ4n) is 2.04. The van der Waals surface area contributed by atoms with Crippen molar-refractivity contribution in [3.8, 4) is 0 Å². The molecule has 1 fully saturated rings. The Morgan fingerprint density at radius 2 is 2.17 bits per heavy atom.